The Morgan fingerprint density at radius 2 is 1.74 bits per heavy atom. The van der Waals surface area contributed by atoms with E-state index in [0.29, 0.717) is 0 Å². The van der Waals surface area contributed by atoms with Gasteiger partial charge in [-0.1, -0.05) is 0 Å². The zero-order chi connectivity index (χ0) is 21.6. The maximum atomic E-state index is 9.37. The molecule has 0 fully saturated rings. The number of aryl methyl sites for hydroxylation is 1. The van der Waals surface area contributed by atoms with Crippen molar-refractivity contribution in [2.24, 2.45) is 0 Å². The third-order valence-corrected chi connectivity index (χ3v) is 5.37. The standard InChI is InChI=1S/C24H19N7/c1-15-4-5-16(10-26-15)18-7-8-19-22(30-18)23-20(12-27-19)29-14-31(23)17-6-9-21(28-11-17)24(2,3)13-25/h4-12,14H,1-3H3. The van der Waals surface area contributed by atoms with Crippen LogP contribution < -0.4 is 0 Å². The lowest BCUT2D eigenvalue weighted by Crippen LogP contribution is -2.15. The van der Waals surface area contributed by atoms with Crippen molar-refractivity contribution in [2.45, 2.75) is 26.2 Å². The average Bonchev–Trinajstić information content (AvgIpc) is 3.24. The van der Waals surface area contributed by atoms with Crippen LogP contribution in [0, 0.1) is 18.3 Å². The van der Waals surface area contributed by atoms with Gasteiger partial charge in [0.15, 0.2) is 0 Å². The summed E-state index contributed by atoms with van der Waals surface area (Å²) < 4.78 is 1.96. The van der Waals surface area contributed by atoms with E-state index in [2.05, 4.69) is 26.0 Å². The zero-order valence-electron chi connectivity index (χ0n) is 17.4. The van der Waals surface area contributed by atoms with Gasteiger partial charge in [-0.05, 0) is 57.2 Å². The normalized spacial score (nSPS) is 11.7. The average molecular weight is 405 g/mol. The Bertz CT molecular complexity index is 1460. The Balaban J connectivity index is 1.68. The van der Waals surface area contributed by atoms with E-state index in [-0.39, 0.29) is 0 Å². The van der Waals surface area contributed by atoms with Gasteiger partial charge in [-0.2, -0.15) is 5.26 Å². The second kappa shape index (κ2) is 6.96. The summed E-state index contributed by atoms with van der Waals surface area (Å²) in [4.78, 5) is 22.8. The Kier molecular flexibility index (Phi) is 4.22. The van der Waals surface area contributed by atoms with E-state index in [9.17, 15) is 5.26 Å². The van der Waals surface area contributed by atoms with Crippen molar-refractivity contribution in [3.8, 4) is 23.0 Å². The minimum Gasteiger partial charge on any atom is -0.295 e. The Hall–Kier alpha value is -4.18. The first-order valence-corrected chi connectivity index (χ1v) is 9.90. The highest BCUT2D eigenvalue weighted by Gasteiger charge is 2.21. The molecular weight excluding hydrogens is 386 g/mol. The maximum Gasteiger partial charge on any atom is 0.116 e. The molecule has 0 atom stereocenters. The van der Waals surface area contributed by atoms with Gasteiger partial charge in [0.25, 0.3) is 0 Å². The fraction of sp³-hybridized carbons (Fsp3) is 0.167. The molecule has 7 heteroatoms. The highest BCUT2D eigenvalue weighted by molar-refractivity contribution is 6.00. The summed E-state index contributed by atoms with van der Waals surface area (Å²) in [5.74, 6) is 0. The number of hydrogen-bond acceptors (Lipinski definition) is 6. The molecule has 0 radical (unpaired) electrons. The Labute approximate surface area is 179 Å². The van der Waals surface area contributed by atoms with Gasteiger partial charge < -0.3 is 0 Å². The van der Waals surface area contributed by atoms with Crippen LogP contribution in [0.5, 0.6) is 0 Å². The number of fused-ring (bicyclic) bond motifs is 3. The number of hydrogen-bond donors (Lipinski definition) is 0. The Morgan fingerprint density at radius 3 is 2.45 bits per heavy atom. The molecule has 0 amide bonds. The molecule has 0 aliphatic rings. The van der Waals surface area contributed by atoms with Gasteiger partial charge in [0, 0.05) is 17.5 Å². The first-order chi connectivity index (χ1) is 15.0. The van der Waals surface area contributed by atoms with Crippen LogP contribution >= 0.6 is 0 Å². The number of nitriles is 1. The van der Waals surface area contributed by atoms with E-state index in [4.69, 9.17) is 4.98 Å². The second-order valence-corrected chi connectivity index (χ2v) is 8.00. The predicted octanol–water partition coefficient (Wildman–Crippen LogP) is 4.54. The van der Waals surface area contributed by atoms with Crippen molar-refractivity contribution in [1.29, 1.82) is 5.26 Å². The molecule has 0 aliphatic carbocycles. The van der Waals surface area contributed by atoms with Crippen LogP contribution in [-0.2, 0) is 5.41 Å². The lowest BCUT2D eigenvalue weighted by molar-refractivity contribution is 0.659. The zero-order valence-corrected chi connectivity index (χ0v) is 17.4. The van der Waals surface area contributed by atoms with E-state index in [0.717, 1.165) is 50.4 Å². The van der Waals surface area contributed by atoms with E-state index in [1.54, 1.807) is 18.7 Å². The fourth-order valence-electron chi connectivity index (χ4n) is 3.48. The molecule has 0 saturated heterocycles. The number of pyridine rings is 4. The molecule has 5 aromatic heterocycles. The molecule has 0 N–H and O–H groups in total. The highest BCUT2D eigenvalue weighted by Crippen LogP contribution is 2.28. The summed E-state index contributed by atoms with van der Waals surface area (Å²) >= 11 is 0. The number of nitrogens with zero attached hydrogens (tertiary/aromatic N) is 7. The van der Waals surface area contributed by atoms with E-state index >= 15 is 0 Å². The molecule has 0 unspecified atom stereocenters. The number of aromatic nitrogens is 6. The minimum atomic E-state index is -0.648. The second-order valence-electron chi connectivity index (χ2n) is 8.00. The first-order valence-electron chi connectivity index (χ1n) is 9.90. The maximum absolute atomic E-state index is 9.37. The molecule has 0 aromatic carbocycles. The van der Waals surface area contributed by atoms with Crippen LogP contribution in [0.3, 0.4) is 0 Å². The highest BCUT2D eigenvalue weighted by atomic mass is 15.1. The molecule has 7 nitrogen and oxygen atoms in total. The summed E-state index contributed by atoms with van der Waals surface area (Å²) in [6, 6.07) is 14.0. The van der Waals surface area contributed by atoms with Crippen LogP contribution in [0.2, 0.25) is 0 Å². The fourth-order valence-corrected chi connectivity index (χ4v) is 3.48. The van der Waals surface area contributed by atoms with Crippen molar-refractivity contribution in [2.75, 3.05) is 0 Å². The van der Waals surface area contributed by atoms with Gasteiger partial charge in [-0.3, -0.25) is 19.5 Å². The molecule has 0 saturated carbocycles. The molecule has 5 heterocycles. The quantitative estimate of drug-likeness (QED) is 0.438. The predicted molar refractivity (Wildman–Crippen MR) is 119 cm³/mol. The van der Waals surface area contributed by atoms with Crippen molar-refractivity contribution in [3.05, 3.63) is 72.7 Å². The van der Waals surface area contributed by atoms with Gasteiger partial charge in [-0.15, -0.1) is 0 Å². The summed E-state index contributed by atoms with van der Waals surface area (Å²) in [7, 11) is 0. The molecule has 31 heavy (non-hydrogen) atoms. The van der Waals surface area contributed by atoms with Crippen LogP contribution in [0.4, 0.5) is 0 Å². The molecule has 0 aliphatic heterocycles. The monoisotopic (exact) mass is 405 g/mol. The molecule has 5 aromatic rings. The third-order valence-electron chi connectivity index (χ3n) is 5.37. The van der Waals surface area contributed by atoms with E-state index in [1.165, 1.54) is 0 Å². The van der Waals surface area contributed by atoms with Crippen LogP contribution in [0.25, 0.3) is 39.0 Å². The van der Waals surface area contributed by atoms with Crippen LogP contribution in [0.15, 0.2) is 61.3 Å². The van der Waals surface area contributed by atoms with Crippen molar-refractivity contribution >= 4 is 22.1 Å². The summed E-state index contributed by atoms with van der Waals surface area (Å²) in [6.07, 6.45) is 7.09. The summed E-state index contributed by atoms with van der Waals surface area (Å²) in [5, 5.41) is 9.37. The van der Waals surface area contributed by atoms with Gasteiger partial charge in [0.05, 0.1) is 46.5 Å². The molecule has 0 bridgehead atoms. The van der Waals surface area contributed by atoms with Gasteiger partial charge in [-0.25, -0.2) is 9.97 Å². The minimum absolute atomic E-state index is 0.648. The molecule has 150 valence electrons. The lowest BCUT2D eigenvalue weighted by atomic mass is 9.91. The Morgan fingerprint density at radius 1 is 0.871 bits per heavy atom. The lowest BCUT2D eigenvalue weighted by Gasteiger charge is -2.15. The molecule has 5 rings (SSSR count). The number of imidazole rings is 1. The van der Waals surface area contributed by atoms with Crippen LogP contribution in [0.1, 0.15) is 25.2 Å². The van der Waals surface area contributed by atoms with Crippen molar-refractivity contribution in [3.63, 3.8) is 0 Å². The van der Waals surface area contributed by atoms with E-state index < -0.39 is 5.41 Å². The topological polar surface area (TPSA) is 93.2 Å². The van der Waals surface area contributed by atoms with Crippen LogP contribution in [-0.4, -0.2) is 29.5 Å². The van der Waals surface area contributed by atoms with Crippen molar-refractivity contribution < 1.29 is 0 Å². The summed E-state index contributed by atoms with van der Waals surface area (Å²) in [6.45, 7) is 5.67. The smallest absolute Gasteiger partial charge is 0.116 e. The molecule has 0 spiro atoms. The van der Waals surface area contributed by atoms with Crippen molar-refractivity contribution in [1.82, 2.24) is 29.5 Å². The van der Waals surface area contributed by atoms with Gasteiger partial charge >= 0.3 is 0 Å². The first kappa shape index (κ1) is 18.8. The largest absolute Gasteiger partial charge is 0.295 e. The van der Waals surface area contributed by atoms with E-state index in [1.807, 2.05) is 67.9 Å². The number of rotatable bonds is 3. The third kappa shape index (κ3) is 3.19. The summed E-state index contributed by atoms with van der Waals surface area (Å²) in [5.41, 5.74) is 6.81. The van der Waals surface area contributed by atoms with Gasteiger partial charge in [0.2, 0.25) is 0 Å². The molecular formula is C24H19N7. The van der Waals surface area contributed by atoms with Gasteiger partial charge in [0.1, 0.15) is 22.9 Å². The SMILES string of the molecule is Cc1ccc(-c2ccc3ncc4ncn(-c5ccc(C(C)(C)C#N)nc5)c4c3n2)cn1.